The van der Waals surface area contributed by atoms with Gasteiger partial charge < -0.3 is 14.4 Å². The lowest BCUT2D eigenvalue weighted by atomic mass is 10.2. The number of aliphatic hydroxyl groups is 1. The second-order valence-electron chi connectivity index (χ2n) is 5.12. The van der Waals surface area contributed by atoms with Gasteiger partial charge >= 0.3 is 0 Å². The fourth-order valence-electron chi connectivity index (χ4n) is 2.34. The molecule has 1 heterocycles. The number of imidazole rings is 1. The fourth-order valence-corrected chi connectivity index (χ4v) is 2.34. The van der Waals surface area contributed by atoms with Crippen LogP contribution < -0.4 is 4.74 Å². The molecule has 0 aliphatic heterocycles. The van der Waals surface area contributed by atoms with Crippen molar-refractivity contribution in [3.63, 3.8) is 0 Å². The molecule has 0 radical (unpaired) electrons. The summed E-state index contributed by atoms with van der Waals surface area (Å²) in [5.41, 5.74) is 3.02. The molecule has 1 unspecified atom stereocenters. The Morgan fingerprint density at radius 1 is 1.14 bits per heavy atom. The molecule has 0 fully saturated rings. The van der Waals surface area contributed by atoms with Crippen molar-refractivity contribution in [2.75, 3.05) is 6.61 Å². The van der Waals surface area contributed by atoms with Crippen molar-refractivity contribution in [2.45, 2.75) is 19.6 Å². The Labute approximate surface area is 123 Å². The van der Waals surface area contributed by atoms with Gasteiger partial charge in [0.2, 0.25) is 0 Å². The number of hydrogen-bond donors (Lipinski definition) is 1. The summed E-state index contributed by atoms with van der Waals surface area (Å²) in [5, 5.41) is 10.2. The van der Waals surface area contributed by atoms with Crippen molar-refractivity contribution < 1.29 is 9.84 Å². The van der Waals surface area contributed by atoms with Gasteiger partial charge in [0.15, 0.2) is 0 Å². The maximum absolute atomic E-state index is 10.2. The Hall–Kier alpha value is -2.33. The lowest BCUT2D eigenvalue weighted by Crippen LogP contribution is -2.23. The van der Waals surface area contributed by atoms with Gasteiger partial charge in [-0.25, -0.2) is 4.98 Å². The van der Waals surface area contributed by atoms with Crippen molar-refractivity contribution in [3.05, 3.63) is 60.4 Å². The van der Waals surface area contributed by atoms with Gasteiger partial charge in [0, 0.05) is 0 Å². The number of fused-ring (bicyclic) bond motifs is 1. The quantitative estimate of drug-likeness (QED) is 0.782. The highest BCUT2D eigenvalue weighted by atomic mass is 16.5. The molecule has 0 bridgehead atoms. The maximum Gasteiger partial charge on any atom is 0.122 e. The summed E-state index contributed by atoms with van der Waals surface area (Å²) in [7, 11) is 0. The van der Waals surface area contributed by atoms with Crippen LogP contribution in [0.1, 0.15) is 5.56 Å². The van der Waals surface area contributed by atoms with E-state index in [-0.39, 0.29) is 6.61 Å². The zero-order chi connectivity index (χ0) is 14.7. The summed E-state index contributed by atoms with van der Waals surface area (Å²) >= 11 is 0. The van der Waals surface area contributed by atoms with Gasteiger partial charge in [0.05, 0.1) is 23.9 Å². The first-order valence-corrected chi connectivity index (χ1v) is 7.00. The second kappa shape index (κ2) is 5.97. The smallest absolute Gasteiger partial charge is 0.122 e. The highest BCUT2D eigenvalue weighted by Gasteiger charge is 2.09. The minimum Gasteiger partial charge on any atom is -0.491 e. The van der Waals surface area contributed by atoms with Crippen molar-refractivity contribution in [1.82, 2.24) is 9.55 Å². The largest absolute Gasteiger partial charge is 0.491 e. The Bertz CT molecular complexity index is 736. The minimum absolute atomic E-state index is 0.261. The number of aromatic nitrogens is 2. The molecule has 1 atom stereocenters. The molecule has 4 nitrogen and oxygen atoms in total. The number of benzene rings is 2. The summed E-state index contributed by atoms with van der Waals surface area (Å²) in [6.07, 6.45) is 1.17. The molecular weight excluding hydrogens is 264 g/mol. The highest BCUT2D eigenvalue weighted by Crippen LogP contribution is 2.17. The van der Waals surface area contributed by atoms with Gasteiger partial charge in [-0.2, -0.15) is 0 Å². The third-order valence-electron chi connectivity index (χ3n) is 3.46. The van der Waals surface area contributed by atoms with E-state index in [1.165, 1.54) is 0 Å². The number of aryl methyl sites for hydroxylation is 1. The molecule has 21 heavy (non-hydrogen) atoms. The zero-order valence-electron chi connectivity index (χ0n) is 11.9. The molecular formula is C17H18N2O2. The first-order valence-electron chi connectivity index (χ1n) is 7.00. The molecule has 0 aliphatic rings. The average Bonchev–Trinajstić information content (AvgIpc) is 2.90. The molecule has 0 spiro atoms. The molecule has 1 N–H and O–H groups in total. The van der Waals surface area contributed by atoms with Crippen molar-refractivity contribution in [1.29, 1.82) is 0 Å². The zero-order valence-corrected chi connectivity index (χ0v) is 11.9. The van der Waals surface area contributed by atoms with Gasteiger partial charge in [-0.05, 0) is 30.7 Å². The first-order chi connectivity index (χ1) is 10.2. The van der Waals surface area contributed by atoms with E-state index in [1.54, 1.807) is 6.33 Å². The van der Waals surface area contributed by atoms with Crippen LogP contribution in [0.4, 0.5) is 0 Å². The van der Waals surface area contributed by atoms with Crippen LogP contribution in [0.5, 0.6) is 5.75 Å². The predicted molar refractivity (Wildman–Crippen MR) is 82.4 cm³/mol. The van der Waals surface area contributed by atoms with Crippen LogP contribution in [0.3, 0.4) is 0 Å². The molecule has 4 heteroatoms. The number of rotatable bonds is 5. The first kappa shape index (κ1) is 13.6. The minimum atomic E-state index is -0.581. The Kier molecular flexibility index (Phi) is 3.88. The van der Waals surface area contributed by atoms with Crippen LogP contribution in [0, 0.1) is 6.92 Å². The summed E-state index contributed by atoms with van der Waals surface area (Å²) in [6.45, 7) is 2.72. The van der Waals surface area contributed by atoms with Gasteiger partial charge in [0.25, 0.3) is 0 Å². The molecule has 0 saturated heterocycles. The van der Waals surface area contributed by atoms with Crippen molar-refractivity contribution in [3.8, 4) is 5.75 Å². The Morgan fingerprint density at radius 3 is 2.76 bits per heavy atom. The number of nitrogens with zero attached hydrogens (tertiary/aromatic N) is 2. The van der Waals surface area contributed by atoms with E-state index in [4.69, 9.17) is 4.74 Å². The summed E-state index contributed by atoms with van der Waals surface area (Å²) in [6, 6.07) is 15.7. The molecule has 0 amide bonds. The molecule has 0 aliphatic carbocycles. The van der Waals surface area contributed by atoms with E-state index in [0.717, 1.165) is 22.3 Å². The molecule has 0 saturated carbocycles. The van der Waals surface area contributed by atoms with Crippen LogP contribution >= 0.6 is 0 Å². The van der Waals surface area contributed by atoms with Crippen LogP contribution in [-0.4, -0.2) is 27.4 Å². The van der Waals surface area contributed by atoms with E-state index in [1.807, 2.05) is 60.0 Å². The maximum atomic E-state index is 10.2. The molecule has 108 valence electrons. The summed E-state index contributed by atoms with van der Waals surface area (Å²) in [5.74, 6) is 0.812. The summed E-state index contributed by atoms with van der Waals surface area (Å²) < 4.78 is 7.62. The number of ether oxygens (including phenoxy) is 1. The van der Waals surface area contributed by atoms with Crippen LogP contribution in [0.15, 0.2) is 54.9 Å². The summed E-state index contributed by atoms with van der Waals surface area (Å²) in [4.78, 5) is 4.32. The Balaban J connectivity index is 1.64. The predicted octanol–water partition coefficient (Wildman–Crippen LogP) is 2.78. The van der Waals surface area contributed by atoms with Gasteiger partial charge in [0.1, 0.15) is 18.5 Å². The van der Waals surface area contributed by atoms with Crippen LogP contribution in [0.25, 0.3) is 11.0 Å². The number of aliphatic hydroxyl groups excluding tert-OH is 1. The molecule has 3 aromatic rings. The van der Waals surface area contributed by atoms with E-state index in [0.29, 0.717) is 6.54 Å². The van der Waals surface area contributed by atoms with Crippen molar-refractivity contribution in [2.24, 2.45) is 0 Å². The van der Waals surface area contributed by atoms with Crippen LogP contribution in [0.2, 0.25) is 0 Å². The lowest BCUT2D eigenvalue weighted by Gasteiger charge is -2.14. The highest BCUT2D eigenvalue weighted by molar-refractivity contribution is 5.74. The lowest BCUT2D eigenvalue weighted by molar-refractivity contribution is 0.0931. The molecule has 3 rings (SSSR count). The van der Waals surface area contributed by atoms with Gasteiger partial charge in [-0.3, -0.25) is 0 Å². The van der Waals surface area contributed by atoms with Gasteiger partial charge in [-0.1, -0.05) is 30.3 Å². The molecule has 1 aromatic heterocycles. The third-order valence-corrected chi connectivity index (χ3v) is 3.46. The topological polar surface area (TPSA) is 47.3 Å². The standard InChI is InChI=1S/C17H18N2O2/c1-13-6-2-5-9-17(13)21-11-14(20)10-19-12-18-15-7-3-4-8-16(15)19/h2-9,12,14,20H,10-11H2,1H3. The second-order valence-corrected chi connectivity index (χ2v) is 5.12. The fraction of sp³-hybridized carbons (Fsp3) is 0.235. The van der Waals surface area contributed by atoms with Gasteiger partial charge in [-0.15, -0.1) is 0 Å². The molecule has 2 aromatic carbocycles. The van der Waals surface area contributed by atoms with E-state index < -0.39 is 6.10 Å². The SMILES string of the molecule is Cc1ccccc1OCC(O)Cn1cnc2ccccc21. The Morgan fingerprint density at radius 2 is 1.90 bits per heavy atom. The average molecular weight is 282 g/mol. The van der Waals surface area contributed by atoms with Crippen molar-refractivity contribution >= 4 is 11.0 Å². The normalized spacial score (nSPS) is 12.5. The van der Waals surface area contributed by atoms with E-state index >= 15 is 0 Å². The van der Waals surface area contributed by atoms with Crippen LogP contribution in [-0.2, 0) is 6.54 Å². The van der Waals surface area contributed by atoms with E-state index in [2.05, 4.69) is 4.98 Å². The van der Waals surface area contributed by atoms with E-state index in [9.17, 15) is 5.11 Å². The number of hydrogen-bond acceptors (Lipinski definition) is 3. The number of para-hydroxylation sites is 3. The third kappa shape index (κ3) is 3.06. The monoisotopic (exact) mass is 282 g/mol.